The van der Waals surface area contributed by atoms with Crippen LogP contribution in [0.3, 0.4) is 0 Å². The number of phenolic OH excluding ortho intramolecular Hbond substituents is 1. The molecule has 0 saturated heterocycles. The summed E-state index contributed by atoms with van der Waals surface area (Å²) in [6, 6.07) is 2.86. The lowest BCUT2D eigenvalue weighted by molar-refractivity contribution is -0.137. The molecule has 0 aliphatic heterocycles. The summed E-state index contributed by atoms with van der Waals surface area (Å²) >= 11 is 0. The maximum Gasteiger partial charge on any atom is 0.303 e. The van der Waals surface area contributed by atoms with Crippen molar-refractivity contribution in [3.05, 3.63) is 66.0 Å². The summed E-state index contributed by atoms with van der Waals surface area (Å²) in [6.07, 6.45) is 2.97. The highest BCUT2D eigenvalue weighted by molar-refractivity contribution is 6.39. The van der Waals surface area contributed by atoms with Crippen molar-refractivity contribution in [2.45, 2.75) is 65.1 Å². The molecular formula is C38H37NO11. The first-order valence-corrected chi connectivity index (χ1v) is 16.4. The second-order valence-corrected chi connectivity index (χ2v) is 12.7. The van der Waals surface area contributed by atoms with Gasteiger partial charge in [-0.1, -0.05) is 11.6 Å². The Bertz CT molecular complexity index is 2360. The summed E-state index contributed by atoms with van der Waals surface area (Å²) in [5.74, 6) is -2.72. The summed E-state index contributed by atoms with van der Waals surface area (Å²) in [5, 5.41) is 48.4. The SMILES string of the molecule is COc1c(O)c2c(=O)cc(CO)c3c4c(CO)cc(NCCCOC=O)c5c(=O)c(CCCCC(=O)O)c6c(c(c1C(C(C)=O)C(C)=C6)c23)c54. The second-order valence-electron chi connectivity index (χ2n) is 12.7. The van der Waals surface area contributed by atoms with Crippen molar-refractivity contribution < 1.29 is 44.3 Å². The number of rotatable bonds is 15. The summed E-state index contributed by atoms with van der Waals surface area (Å²) in [4.78, 5) is 64.3. The molecule has 0 amide bonds. The number of aliphatic carboxylic acids is 1. The maximum atomic E-state index is 14.9. The van der Waals surface area contributed by atoms with Crippen LogP contribution in [0, 0.1) is 0 Å². The average molecular weight is 684 g/mol. The number of aliphatic hydroxyl groups excluding tert-OH is 2. The molecule has 5 aromatic rings. The minimum atomic E-state index is -0.960. The van der Waals surface area contributed by atoms with E-state index in [0.29, 0.717) is 92.7 Å². The highest BCUT2D eigenvalue weighted by Crippen LogP contribution is 2.55. The van der Waals surface area contributed by atoms with E-state index in [1.807, 2.05) is 0 Å². The fourth-order valence-corrected chi connectivity index (χ4v) is 7.91. The molecule has 5 aromatic carbocycles. The summed E-state index contributed by atoms with van der Waals surface area (Å²) in [6.45, 7) is 2.86. The molecule has 0 bridgehead atoms. The third-order valence-electron chi connectivity index (χ3n) is 9.80. The molecular weight excluding hydrogens is 646 g/mol. The van der Waals surface area contributed by atoms with Crippen LogP contribution in [-0.2, 0) is 38.8 Å². The Morgan fingerprint density at radius 2 is 1.60 bits per heavy atom. The molecule has 12 nitrogen and oxygen atoms in total. The molecule has 1 aliphatic carbocycles. The van der Waals surface area contributed by atoms with Crippen molar-refractivity contribution in [1.82, 2.24) is 0 Å². The zero-order valence-corrected chi connectivity index (χ0v) is 27.9. The largest absolute Gasteiger partial charge is 0.504 e. The number of carbonyl (C=O) groups is 3. The molecule has 0 fully saturated rings. The van der Waals surface area contributed by atoms with Gasteiger partial charge in [0.05, 0.1) is 43.6 Å². The van der Waals surface area contributed by atoms with Gasteiger partial charge in [0, 0.05) is 40.6 Å². The van der Waals surface area contributed by atoms with E-state index < -0.39 is 36.3 Å². The lowest BCUT2D eigenvalue weighted by Gasteiger charge is -2.26. The number of aliphatic hydroxyl groups is 2. The first-order valence-electron chi connectivity index (χ1n) is 16.4. The zero-order chi connectivity index (χ0) is 36.0. The van der Waals surface area contributed by atoms with E-state index in [1.54, 1.807) is 19.1 Å². The number of hydrogen-bond donors (Lipinski definition) is 5. The standard InChI is InChI=1S/C38H37NO11/c1-17-11-22-21(7-4-5-8-25(45)46)36(47)30-23(39-9-6-10-50-16-42)12-19(14-40)27-28-20(15-41)13-24(44)31-33(28)34(29(22)32(27)30)35(26(17)18(2)43)38(49-3)37(31)48/h11-13,16,26,39-41,48H,4-10,14-15H2,1-3H3,(H,45,46). The quantitative estimate of drug-likeness (QED) is 0.0451. The number of anilines is 1. The number of carboxylic acid groups (broad SMARTS) is 1. The highest BCUT2D eigenvalue weighted by atomic mass is 16.5. The van der Waals surface area contributed by atoms with Crippen LogP contribution in [-0.4, -0.2) is 58.9 Å². The molecule has 5 N–H and O–H groups in total. The van der Waals surface area contributed by atoms with E-state index >= 15 is 0 Å². The van der Waals surface area contributed by atoms with Gasteiger partial charge >= 0.3 is 5.97 Å². The molecule has 0 heterocycles. The topological polar surface area (TPSA) is 197 Å². The van der Waals surface area contributed by atoms with Crippen molar-refractivity contribution in [3.8, 4) is 11.5 Å². The van der Waals surface area contributed by atoms with Gasteiger partial charge in [0.2, 0.25) is 0 Å². The van der Waals surface area contributed by atoms with Crippen LogP contribution in [0.4, 0.5) is 5.69 Å². The Morgan fingerprint density at radius 3 is 2.22 bits per heavy atom. The van der Waals surface area contributed by atoms with E-state index in [4.69, 9.17) is 9.47 Å². The minimum Gasteiger partial charge on any atom is -0.504 e. The Hall–Kier alpha value is -5.33. The van der Waals surface area contributed by atoms with Crippen molar-refractivity contribution in [3.63, 3.8) is 0 Å². The van der Waals surface area contributed by atoms with Crippen molar-refractivity contribution >= 4 is 73.1 Å². The molecule has 0 spiro atoms. The number of methoxy groups -OCH3 is 1. The predicted molar refractivity (Wildman–Crippen MR) is 189 cm³/mol. The van der Waals surface area contributed by atoms with Crippen LogP contribution in [0.25, 0.3) is 49.2 Å². The Labute approximate surface area is 285 Å². The first-order chi connectivity index (χ1) is 24.0. The molecule has 50 heavy (non-hydrogen) atoms. The molecule has 1 atom stereocenters. The van der Waals surface area contributed by atoms with Crippen LogP contribution in [0.5, 0.6) is 11.5 Å². The number of ketones is 1. The van der Waals surface area contributed by atoms with Crippen LogP contribution in [0.2, 0.25) is 0 Å². The van der Waals surface area contributed by atoms with E-state index in [2.05, 4.69) is 5.32 Å². The fourth-order valence-electron chi connectivity index (χ4n) is 7.91. The third-order valence-corrected chi connectivity index (χ3v) is 9.80. The van der Waals surface area contributed by atoms with Crippen LogP contribution < -0.4 is 20.9 Å². The number of carbonyl (C=O) groups excluding carboxylic acids is 2. The number of aromatic hydroxyl groups is 1. The zero-order valence-electron chi connectivity index (χ0n) is 27.9. The van der Waals surface area contributed by atoms with Gasteiger partial charge in [-0.3, -0.25) is 24.0 Å². The smallest absolute Gasteiger partial charge is 0.303 e. The van der Waals surface area contributed by atoms with Gasteiger partial charge in [-0.05, 0) is 89.9 Å². The van der Waals surface area contributed by atoms with E-state index in [0.717, 1.165) is 0 Å². The molecule has 0 aromatic heterocycles. The van der Waals surface area contributed by atoms with E-state index in [-0.39, 0.29) is 58.1 Å². The maximum absolute atomic E-state index is 14.9. The number of hydrogen-bond acceptors (Lipinski definition) is 11. The second kappa shape index (κ2) is 13.5. The molecule has 0 saturated carbocycles. The average Bonchev–Trinajstić information content (AvgIpc) is 3.21. The minimum absolute atomic E-state index is 0.0641. The predicted octanol–water partition coefficient (Wildman–Crippen LogP) is 4.46. The number of benzene rings is 5. The van der Waals surface area contributed by atoms with E-state index in [9.17, 15) is 44.4 Å². The molecule has 1 aliphatic rings. The van der Waals surface area contributed by atoms with Crippen molar-refractivity contribution in [2.24, 2.45) is 0 Å². The number of allylic oxidation sites excluding steroid dienone is 1. The van der Waals surface area contributed by atoms with Crippen LogP contribution in [0.1, 0.15) is 73.3 Å². The molecule has 1 unspecified atom stereocenters. The lowest BCUT2D eigenvalue weighted by atomic mass is 9.78. The molecule has 6 rings (SSSR count). The Morgan fingerprint density at radius 1 is 0.920 bits per heavy atom. The van der Waals surface area contributed by atoms with E-state index in [1.165, 1.54) is 20.1 Å². The number of nitrogens with one attached hydrogen (secondary N) is 1. The monoisotopic (exact) mass is 683 g/mol. The number of unbranched alkanes of at least 4 members (excludes halogenated alkanes) is 1. The first kappa shape index (κ1) is 34.5. The van der Waals surface area contributed by atoms with Gasteiger partial charge in [-0.2, -0.15) is 0 Å². The van der Waals surface area contributed by atoms with Gasteiger partial charge < -0.3 is 35.2 Å². The Kier molecular flexibility index (Phi) is 9.34. The fraction of sp³-hybridized carbons (Fsp3) is 0.342. The normalized spacial score (nSPS) is 14.1. The van der Waals surface area contributed by atoms with Gasteiger partial charge in [0.15, 0.2) is 22.4 Å². The van der Waals surface area contributed by atoms with Gasteiger partial charge in [0.25, 0.3) is 6.47 Å². The summed E-state index contributed by atoms with van der Waals surface area (Å²) in [7, 11) is 1.33. The molecule has 260 valence electrons. The number of carboxylic acids is 1. The van der Waals surface area contributed by atoms with Crippen molar-refractivity contribution in [1.29, 1.82) is 0 Å². The van der Waals surface area contributed by atoms with Gasteiger partial charge in [-0.15, -0.1) is 0 Å². The number of phenols is 1. The van der Waals surface area contributed by atoms with Gasteiger partial charge in [0.1, 0.15) is 5.78 Å². The Balaban J connectivity index is 1.93. The van der Waals surface area contributed by atoms with Gasteiger partial charge in [-0.25, -0.2) is 0 Å². The summed E-state index contributed by atoms with van der Waals surface area (Å²) in [5.41, 5.74) is 1.79. The van der Waals surface area contributed by atoms with Crippen LogP contribution in [0.15, 0.2) is 27.3 Å². The summed E-state index contributed by atoms with van der Waals surface area (Å²) < 4.78 is 10.6. The number of fused-ring (bicyclic) bond motifs is 1. The number of ether oxygens (including phenoxy) is 2. The molecule has 0 radical (unpaired) electrons. The highest BCUT2D eigenvalue weighted by Gasteiger charge is 2.36. The third kappa shape index (κ3) is 5.26. The molecule has 12 heteroatoms. The lowest BCUT2D eigenvalue weighted by Crippen LogP contribution is -2.17. The number of Topliss-reactive ketones (excluding diaryl/α,β-unsaturated/α-hetero) is 1. The van der Waals surface area contributed by atoms with Crippen molar-refractivity contribution in [2.75, 3.05) is 25.6 Å². The van der Waals surface area contributed by atoms with Crippen LogP contribution >= 0.6 is 0 Å².